The zero-order valence-corrected chi connectivity index (χ0v) is 21.1. The number of hydrogen-bond donors (Lipinski definition) is 0. The molecule has 0 amide bonds. The number of methoxy groups -OCH3 is 1. The molecule has 0 saturated heterocycles. The molecule has 2 atom stereocenters. The molecule has 0 bridgehead atoms. The van der Waals surface area contributed by atoms with Crippen molar-refractivity contribution in [2.75, 3.05) is 31.8 Å². The lowest BCUT2D eigenvalue weighted by molar-refractivity contribution is 0.0744. The maximum absolute atomic E-state index is 5.91. The smallest absolute Gasteiger partial charge is 0.0800 e. The van der Waals surface area contributed by atoms with E-state index >= 15 is 0 Å². The van der Waals surface area contributed by atoms with Crippen molar-refractivity contribution < 1.29 is 4.74 Å². The third kappa shape index (κ3) is 10.3. The zero-order valence-electron chi connectivity index (χ0n) is 20.3. The Bertz CT molecular complexity index is 529. The quantitative estimate of drug-likeness (QED) is 0.194. The minimum atomic E-state index is -0.872. The maximum Gasteiger partial charge on any atom is 0.0800 e. The Morgan fingerprint density at radius 2 is 1.45 bits per heavy atom. The van der Waals surface area contributed by atoms with Crippen LogP contribution in [0.4, 0.5) is 0 Å². The molecule has 0 aliphatic carbocycles. The van der Waals surface area contributed by atoms with Crippen LogP contribution >= 0.6 is 7.26 Å². The highest BCUT2D eigenvalue weighted by Crippen LogP contribution is 2.61. The van der Waals surface area contributed by atoms with E-state index in [2.05, 4.69) is 71.0 Å². The monoisotopic (exact) mass is 419 g/mol. The van der Waals surface area contributed by atoms with Crippen LogP contribution in [0, 0.1) is 5.92 Å². The molecule has 0 spiro atoms. The van der Waals surface area contributed by atoms with Gasteiger partial charge in [0.05, 0.1) is 30.8 Å². The van der Waals surface area contributed by atoms with E-state index in [9.17, 15) is 0 Å². The van der Waals surface area contributed by atoms with Crippen LogP contribution in [-0.4, -0.2) is 37.9 Å². The van der Waals surface area contributed by atoms with Crippen LogP contribution in [0.15, 0.2) is 42.0 Å². The fraction of sp³-hybridized carbons (Fsp3) is 0.704. The molecule has 0 aliphatic heterocycles. The van der Waals surface area contributed by atoms with E-state index in [4.69, 9.17) is 4.74 Å². The predicted molar refractivity (Wildman–Crippen MR) is 135 cm³/mol. The van der Waals surface area contributed by atoms with Crippen molar-refractivity contribution in [1.82, 2.24) is 0 Å². The topological polar surface area (TPSA) is 9.23 Å². The van der Waals surface area contributed by atoms with E-state index in [0.29, 0.717) is 5.92 Å². The van der Waals surface area contributed by atoms with E-state index in [-0.39, 0.29) is 6.10 Å². The first-order chi connectivity index (χ1) is 14.0. The minimum absolute atomic E-state index is 0.252. The molecule has 0 unspecified atom stereocenters. The van der Waals surface area contributed by atoms with Gasteiger partial charge in [0.25, 0.3) is 0 Å². The Balaban J connectivity index is 2.89. The SMILES string of the molecule is CCCC[P+](CCCC)(CCCC)C/C(C)=C/[C@H](C)[C@H](Cc1ccccc1)OC. The van der Waals surface area contributed by atoms with Crippen LogP contribution in [0.5, 0.6) is 0 Å². The molecule has 166 valence electrons. The predicted octanol–water partition coefficient (Wildman–Crippen LogP) is 8.24. The lowest BCUT2D eigenvalue weighted by Gasteiger charge is -2.29. The number of unbranched alkanes of at least 4 members (excludes halogenated alkanes) is 3. The average Bonchev–Trinajstić information content (AvgIpc) is 2.73. The lowest BCUT2D eigenvalue weighted by Crippen LogP contribution is -2.22. The van der Waals surface area contributed by atoms with E-state index in [1.165, 1.54) is 68.7 Å². The molecule has 0 heterocycles. The van der Waals surface area contributed by atoms with E-state index in [0.717, 1.165) is 6.42 Å². The summed E-state index contributed by atoms with van der Waals surface area (Å²) in [6.45, 7) is 11.8. The Morgan fingerprint density at radius 1 is 0.931 bits per heavy atom. The number of ether oxygens (including phenoxy) is 1. The molecule has 29 heavy (non-hydrogen) atoms. The van der Waals surface area contributed by atoms with Gasteiger partial charge in [-0.2, -0.15) is 0 Å². The zero-order chi connectivity index (χ0) is 21.5. The molecule has 0 N–H and O–H groups in total. The van der Waals surface area contributed by atoms with E-state index in [1.807, 2.05) is 7.11 Å². The van der Waals surface area contributed by atoms with Crippen LogP contribution in [-0.2, 0) is 11.2 Å². The van der Waals surface area contributed by atoms with Crippen molar-refractivity contribution in [2.45, 2.75) is 85.7 Å². The molecule has 0 aliphatic rings. The molecule has 0 radical (unpaired) electrons. The van der Waals surface area contributed by atoms with Gasteiger partial charge in [0.1, 0.15) is 0 Å². The molecule has 1 aromatic carbocycles. The van der Waals surface area contributed by atoms with Gasteiger partial charge in [-0.05, 0) is 43.7 Å². The fourth-order valence-electron chi connectivity index (χ4n) is 4.52. The van der Waals surface area contributed by atoms with Gasteiger partial charge < -0.3 is 4.74 Å². The second-order valence-corrected chi connectivity index (χ2v) is 13.4. The van der Waals surface area contributed by atoms with Crippen LogP contribution in [0.2, 0.25) is 0 Å². The van der Waals surface area contributed by atoms with Gasteiger partial charge in [0.2, 0.25) is 0 Å². The van der Waals surface area contributed by atoms with Crippen LogP contribution in [0.3, 0.4) is 0 Å². The second kappa shape index (κ2) is 15.2. The summed E-state index contributed by atoms with van der Waals surface area (Å²) in [5, 5.41) is 0. The van der Waals surface area contributed by atoms with Gasteiger partial charge in [-0.3, -0.25) is 0 Å². The molecule has 0 fully saturated rings. The highest BCUT2D eigenvalue weighted by atomic mass is 31.2. The van der Waals surface area contributed by atoms with E-state index < -0.39 is 7.26 Å². The number of benzene rings is 1. The molecule has 0 aromatic heterocycles. The van der Waals surface area contributed by atoms with Gasteiger partial charge in [-0.25, -0.2) is 0 Å². The van der Waals surface area contributed by atoms with Gasteiger partial charge in [-0.15, -0.1) is 0 Å². The standard InChI is InChI=1S/C27H48OP/c1-7-10-18-29(19-11-8-2,20-12-9-3)23-24(4)21-25(5)27(28-6)22-26-16-14-13-15-17-26/h13-17,21,25,27H,7-12,18-20,22-23H2,1-6H3/q+1/b24-21+/t25-,27-/m0/s1. The van der Waals surface area contributed by atoms with Gasteiger partial charge >= 0.3 is 0 Å². The molecule has 0 saturated carbocycles. The Hall–Kier alpha value is -0.650. The molecule has 1 nitrogen and oxygen atoms in total. The summed E-state index contributed by atoms with van der Waals surface area (Å²) in [6.07, 6.45) is 17.9. The largest absolute Gasteiger partial charge is 0.381 e. The number of rotatable bonds is 16. The number of hydrogen-bond acceptors (Lipinski definition) is 1. The molecule has 1 rings (SSSR count). The summed E-state index contributed by atoms with van der Waals surface area (Å²) < 4.78 is 5.91. The molecular formula is C27H48OP+. The lowest BCUT2D eigenvalue weighted by atomic mass is 9.96. The van der Waals surface area contributed by atoms with Crippen molar-refractivity contribution in [3.05, 3.63) is 47.5 Å². The van der Waals surface area contributed by atoms with Crippen molar-refractivity contribution >= 4 is 7.26 Å². The molecular weight excluding hydrogens is 371 g/mol. The van der Waals surface area contributed by atoms with Crippen LogP contribution in [0.25, 0.3) is 0 Å². The first-order valence-electron chi connectivity index (χ1n) is 12.1. The van der Waals surface area contributed by atoms with Gasteiger partial charge in [0, 0.05) is 20.3 Å². The normalized spacial score (nSPS) is 14.8. The van der Waals surface area contributed by atoms with E-state index in [1.54, 1.807) is 5.57 Å². The number of allylic oxidation sites excluding steroid dienone is 1. The summed E-state index contributed by atoms with van der Waals surface area (Å²) in [4.78, 5) is 0. The summed E-state index contributed by atoms with van der Waals surface area (Å²) in [5.74, 6) is 0.450. The van der Waals surface area contributed by atoms with Crippen molar-refractivity contribution in [3.63, 3.8) is 0 Å². The summed E-state index contributed by atoms with van der Waals surface area (Å²) in [5.41, 5.74) is 2.98. The van der Waals surface area contributed by atoms with Gasteiger partial charge in [0.15, 0.2) is 0 Å². The van der Waals surface area contributed by atoms with Crippen molar-refractivity contribution in [1.29, 1.82) is 0 Å². The van der Waals surface area contributed by atoms with Crippen molar-refractivity contribution in [3.8, 4) is 0 Å². The second-order valence-electron chi connectivity index (χ2n) is 9.07. The Morgan fingerprint density at radius 3 is 1.90 bits per heavy atom. The summed E-state index contributed by atoms with van der Waals surface area (Å²) >= 11 is 0. The van der Waals surface area contributed by atoms with Crippen molar-refractivity contribution in [2.24, 2.45) is 5.92 Å². The highest BCUT2D eigenvalue weighted by molar-refractivity contribution is 7.76. The Labute approximate surface area is 183 Å². The minimum Gasteiger partial charge on any atom is -0.381 e. The first-order valence-corrected chi connectivity index (χ1v) is 14.6. The summed E-state index contributed by atoms with van der Waals surface area (Å²) in [6, 6.07) is 10.8. The fourth-order valence-corrected chi connectivity index (χ4v) is 9.79. The van der Waals surface area contributed by atoms with Gasteiger partial charge in [-0.1, -0.05) is 83.4 Å². The third-order valence-electron chi connectivity index (χ3n) is 6.26. The average molecular weight is 420 g/mol. The van der Waals surface area contributed by atoms with Crippen LogP contribution < -0.4 is 0 Å². The maximum atomic E-state index is 5.91. The summed E-state index contributed by atoms with van der Waals surface area (Å²) in [7, 11) is 0.997. The molecule has 2 heteroatoms. The molecule has 1 aromatic rings. The first kappa shape index (κ1) is 26.4. The highest BCUT2D eigenvalue weighted by Gasteiger charge is 2.35. The third-order valence-corrected chi connectivity index (χ3v) is 11.2. The Kier molecular flexibility index (Phi) is 13.8. The van der Waals surface area contributed by atoms with Crippen LogP contribution in [0.1, 0.15) is 78.7 Å².